The normalized spacial score (nSPS) is 21.4. The van der Waals surface area contributed by atoms with Gasteiger partial charge in [-0.25, -0.2) is 0 Å². The molecule has 2 aromatic rings. The summed E-state index contributed by atoms with van der Waals surface area (Å²) >= 11 is 6.48. The van der Waals surface area contributed by atoms with Gasteiger partial charge in [-0.3, -0.25) is 14.5 Å². The zero-order chi connectivity index (χ0) is 20.9. The molecule has 29 heavy (non-hydrogen) atoms. The Morgan fingerprint density at radius 1 is 1.00 bits per heavy atom. The highest BCUT2D eigenvalue weighted by Crippen LogP contribution is 2.49. The van der Waals surface area contributed by atoms with Crippen molar-refractivity contribution in [1.82, 2.24) is 0 Å². The molecule has 0 aromatic heterocycles. The number of anilines is 1. The van der Waals surface area contributed by atoms with Gasteiger partial charge in [-0.15, -0.1) is 0 Å². The van der Waals surface area contributed by atoms with Crippen molar-refractivity contribution >= 4 is 29.0 Å². The average Bonchev–Trinajstić information content (AvgIpc) is 2.59. The Morgan fingerprint density at radius 3 is 2.31 bits per heavy atom. The number of benzene rings is 2. The van der Waals surface area contributed by atoms with E-state index in [9.17, 15) is 9.59 Å². The van der Waals surface area contributed by atoms with Crippen molar-refractivity contribution in [3.05, 3.63) is 75.4 Å². The van der Waals surface area contributed by atoms with Gasteiger partial charge in [0.2, 0.25) is 5.91 Å². The first kappa shape index (κ1) is 19.9. The van der Waals surface area contributed by atoms with Gasteiger partial charge in [-0.2, -0.15) is 0 Å². The van der Waals surface area contributed by atoms with Crippen LogP contribution in [0, 0.1) is 19.3 Å². The zero-order valence-electron chi connectivity index (χ0n) is 17.4. The molecule has 2 aliphatic rings. The van der Waals surface area contributed by atoms with E-state index in [4.69, 9.17) is 11.6 Å². The summed E-state index contributed by atoms with van der Waals surface area (Å²) in [5.74, 6) is -0.135. The second-order valence-electron chi connectivity index (χ2n) is 9.15. The van der Waals surface area contributed by atoms with Crippen LogP contribution >= 0.6 is 11.6 Å². The standard InChI is InChI=1S/C25H26ClNO2/c1-15-9-16(2)11-17(10-15)27-21-13-25(3,4)14-22(28)24(21)19(12-23(27)29)18-7-5-6-8-20(18)26/h5-11,19H,12-14H2,1-4H3. The smallest absolute Gasteiger partial charge is 0.232 e. The van der Waals surface area contributed by atoms with Gasteiger partial charge in [0.25, 0.3) is 0 Å². The van der Waals surface area contributed by atoms with E-state index in [-0.39, 0.29) is 29.4 Å². The Labute approximate surface area is 177 Å². The molecule has 4 heteroatoms. The maximum absolute atomic E-state index is 13.4. The number of carbonyl (C=O) groups excluding carboxylic acids is 2. The Hall–Kier alpha value is -2.39. The van der Waals surface area contributed by atoms with Gasteiger partial charge in [0.15, 0.2) is 5.78 Å². The fraction of sp³-hybridized carbons (Fsp3) is 0.360. The average molecular weight is 408 g/mol. The van der Waals surface area contributed by atoms with E-state index >= 15 is 0 Å². The number of aryl methyl sites for hydroxylation is 2. The molecule has 2 aromatic carbocycles. The topological polar surface area (TPSA) is 37.4 Å². The predicted octanol–water partition coefficient (Wildman–Crippen LogP) is 6.12. The molecule has 1 aliphatic heterocycles. The number of Topliss-reactive ketones (excluding diaryl/α,β-unsaturated/α-hetero) is 1. The summed E-state index contributed by atoms with van der Waals surface area (Å²) in [6.07, 6.45) is 1.43. The molecule has 0 N–H and O–H groups in total. The van der Waals surface area contributed by atoms with Crippen molar-refractivity contribution < 1.29 is 9.59 Å². The number of allylic oxidation sites excluding steroid dienone is 2. The van der Waals surface area contributed by atoms with Gasteiger partial charge >= 0.3 is 0 Å². The van der Waals surface area contributed by atoms with Crippen LogP contribution in [0.5, 0.6) is 0 Å². The molecule has 1 heterocycles. The maximum Gasteiger partial charge on any atom is 0.232 e. The van der Waals surface area contributed by atoms with Crippen LogP contribution in [0.3, 0.4) is 0 Å². The van der Waals surface area contributed by atoms with Crippen LogP contribution in [0.25, 0.3) is 0 Å². The lowest BCUT2D eigenvalue weighted by molar-refractivity contribution is -0.121. The van der Waals surface area contributed by atoms with E-state index in [2.05, 4.69) is 19.9 Å². The maximum atomic E-state index is 13.4. The molecule has 1 unspecified atom stereocenters. The third kappa shape index (κ3) is 3.64. The minimum absolute atomic E-state index is 0.0177. The minimum atomic E-state index is -0.281. The van der Waals surface area contributed by atoms with Crippen LogP contribution in [0.15, 0.2) is 53.7 Å². The number of rotatable bonds is 2. The van der Waals surface area contributed by atoms with Crippen molar-refractivity contribution in [3.63, 3.8) is 0 Å². The Kier molecular flexibility index (Phi) is 4.90. The van der Waals surface area contributed by atoms with Gasteiger partial charge in [-0.05, 0) is 60.6 Å². The van der Waals surface area contributed by atoms with E-state index in [0.717, 1.165) is 33.6 Å². The monoisotopic (exact) mass is 407 g/mol. The first-order valence-corrected chi connectivity index (χ1v) is 10.5. The SMILES string of the molecule is Cc1cc(C)cc(N2C(=O)CC(c3ccccc3Cl)C3=C2CC(C)(C)CC3=O)c1. The third-order valence-electron chi connectivity index (χ3n) is 5.89. The molecule has 4 rings (SSSR count). The molecule has 0 bridgehead atoms. The summed E-state index contributed by atoms with van der Waals surface area (Å²) < 4.78 is 0. The van der Waals surface area contributed by atoms with Crippen LogP contribution in [0.4, 0.5) is 5.69 Å². The summed E-state index contributed by atoms with van der Waals surface area (Å²) in [5, 5.41) is 0.606. The predicted molar refractivity (Wildman–Crippen MR) is 117 cm³/mol. The number of amides is 1. The van der Waals surface area contributed by atoms with Gasteiger partial charge in [0.05, 0.1) is 0 Å². The number of hydrogen-bond acceptors (Lipinski definition) is 2. The number of hydrogen-bond donors (Lipinski definition) is 0. The van der Waals surface area contributed by atoms with E-state index < -0.39 is 0 Å². The Balaban J connectivity index is 1.94. The number of ketones is 1. The van der Waals surface area contributed by atoms with E-state index in [1.165, 1.54) is 0 Å². The van der Waals surface area contributed by atoms with Crippen LogP contribution in [0.1, 0.15) is 55.7 Å². The summed E-state index contributed by atoms with van der Waals surface area (Å²) in [6, 6.07) is 13.7. The lowest BCUT2D eigenvalue weighted by Crippen LogP contribution is -2.43. The largest absolute Gasteiger partial charge is 0.294 e. The molecule has 3 nitrogen and oxygen atoms in total. The Morgan fingerprint density at radius 2 is 1.66 bits per heavy atom. The first-order valence-electron chi connectivity index (χ1n) is 10.1. The number of carbonyl (C=O) groups is 2. The molecule has 150 valence electrons. The number of nitrogens with zero attached hydrogens (tertiary/aromatic N) is 1. The Bertz CT molecular complexity index is 1030. The highest BCUT2D eigenvalue weighted by Gasteiger charge is 2.44. The zero-order valence-corrected chi connectivity index (χ0v) is 18.1. The van der Waals surface area contributed by atoms with Crippen molar-refractivity contribution in [2.75, 3.05) is 4.90 Å². The molecule has 1 amide bonds. The summed E-state index contributed by atoms with van der Waals surface area (Å²) in [7, 11) is 0. The fourth-order valence-electron chi connectivity index (χ4n) is 4.82. The summed E-state index contributed by atoms with van der Waals surface area (Å²) in [6.45, 7) is 8.25. The molecular formula is C25H26ClNO2. The van der Waals surface area contributed by atoms with Crippen LogP contribution in [0.2, 0.25) is 5.02 Å². The quantitative estimate of drug-likeness (QED) is 0.601. The van der Waals surface area contributed by atoms with E-state index in [1.807, 2.05) is 50.2 Å². The first-order chi connectivity index (χ1) is 13.7. The highest BCUT2D eigenvalue weighted by atomic mass is 35.5. The fourth-order valence-corrected chi connectivity index (χ4v) is 5.09. The molecule has 0 saturated heterocycles. The van der Waals surface area contributed by atoms with Crippen LogP contribution in [-0.4, -0.2) is 11.7 Å². The second kappa shape index (κ2) is 7.14. The molecule has 0 fully saturated rings. The summed E-state index contributed by atoms with van der Waals surface area (Å²) in [4.78, 5) is 28.5. The van der Waals surface area contributed by atoms with Gasteiger partial charge in [0.1, 0.15) is 0 Å². The highest BCUT2D eigenvalue weighted by molar-refractivity contribution is 6.31. The molecule has 1 atom stereocenters. The lowest BCUT2D eigenvalue weighted by atomic mass is 9.69. The van der Waals surface area contributed by atoms with Gasteiger partial charge < -0.3 is 0 Å². The van der Waals surface area contributed by atoms with E-state index in [1.54, 1.807) is 4.90 Å². The minimum Gasteiger partial charge on any atom is -0.294 e. The molecule has 0 spiro atoms. The van der Waals surface area contributed by atoms with E-state index in [0.29, 0.717) is 17.9 Å². The van der Waals surface area contributed by atoms with Crippen molar-refractivity contribution in [2.24, 2.45) is 5.41 Å². The van der Waals surface area contributed by atoms with Crippen LogP contribution in [-0.2, 0) is 9.59 Å². The third-order valence-corrected chi connectivity index (χ3v) is 6.23. The van der Waals surface area contributed by atoms with Crippen molar-refractivity contribution in [1.29, 1.82) is 0 Å². The van der Waals surface area contributed by atoms with Gasteiger partial charge in [-0.1, -0.05) is 49.7 Å². The molecule has 0 saturated carbocycles. The number of halogens is 1. The molecule has 1 aliphatic carbocycles. The summed E-state index contributed by atoms with van der Waals surface area (Å²) in [5.41, 5.74) is 5.34. The van der Waals surface area contributed by atoms with Gasteiger partial charge in [0, 0.05) is 40.7 Å². The van der Waals surface area contributed by atoms with Crippen LogP contribution < -0.4 is 4.90 Å². The van der Waals surface area contributed by atoms with Crippen molar-refractivity contribution in [3.8, 4) is 0 Å². The van der Waals surface area contributed by atoms with Crippen molar-refractivity contribution in [2.45, 2.75) is 52.9 Å². The molecule has 0 radical (unpaired) electrons. The molecular weight excluding hydrogens is 382 g/mol. The second-order valence-corrected chi connectivity index (χ2v) is 9.56. The lowest BCUT2D eigenvalue weighted by Gasteiger charge is -2.43.